The molecule has 0 fully saturated rings. The highest BCUT2D eigenvalue weighted by Gasteiger charge is 2.03. The summed E-state index contributed by atoms with van der Waals surface area (Å²) in [6.07, 6.45) is 0. The number of nitrogens with two attached hydrogens (primary N) is 1. The van der Waals surface area contributed by atoms with Gasteiger partial charge in [-0.25, -0.2) is 0 Å². The molecule has 1 rings (SSSR count). The molecule has 0 aliphatic heterocycles. The van der Waals surface area contributed by atoms with Crippen molar-refractivity contribution in [2.75, 3.05) is 6.54 Å². The van der Waals surface area contributed by atoms with E-state index in [9.17, 15) is 9.59 Å². The lowest BCUT2D eigenvalue weighted by molar-refractivity contribution is -0.123. The van der Waals surface area contributed by atoms with E-state index in [0.29, 0.717) is 12.1 Å². The Morgan fingerprint density at radius 1 is 1.28 bits per heavy atom. The van der Waals surface area contributed by atoms with Crippen LogP contribution in [0.5, 0.6) is 0 Å². The predicted octanol–water partition coefficient (Wildman–Crippen LogP) is 0.909. The minimum absolute atomic E-state index is 0.0200. The molecule has 0 saturated heterocycles. The Bertz CT molecular complexity index is 493. The fourth-order valence-electron chi connectivity index (χ4n) is 1.20. The molecule has 0 bridgehead atoms. The third-order valence-electron chi connectivity index (χ3n) is 2.28. The van der Waals surface area contributed by atoms with Crippen molar-refractivity contribution in [3.05, 3.63) is 35.4 Å². The molecule has 0 saturated carbocycles. The van der Waals surface area contributed by atoms with Crippen LogP contribution in [0.2, 0.25) is 0 Å². The van der Waals surface area contributed by atoms with E-state index >= 15 is 0 Å². The topological polar surface area (TPSA) is 72.2 Å². The molecule has 1 aromatic rings. The van der Waals surface area contributed by atoms with E-state index in [2.05, 4.69) is 17.2 Å². The second-order valence-electron chi connectivity index (χ2n) is 4.12. The van der Waals surface area contributed by atoms with Gasteiger partial charge in [0, 0.05) is 17.0 Å². The maximum atomic E-state index is 11.2. The lowest BCUT2D eigenvalue weighted by Gasteiger charge is -2.02. The molecular formula is C14H16N2O2. The quantitative estimate of drug-likeness (QED) is 0.776. The summed E-state index contributed by atoms with van der Waals surface area (Å²) in [4.78, 5) is 22.1. The van der Waals surface area contributed by atoms with E-state index in [1.165, 1.54) is 0 Å². The Balaban J connectivity index is 2.53. The van der Waals surface area contributed by atoms with Crippen LogP contribution in [0, 0.1) is 17.8 Å². The molecule has 4 heteroatoms. The fraction of sp³-hybridized carbons (Fsp3) is 0.286. The third kappa shape index (κ3) is 4.30. The molecule has 0 atom stereocenters. The van der Waals surface area contributed by atoms with Gasteiger partial charge in [-0.1, -0.05) is 25.7 Å². The molecule has 0 unspecified atom stereocenters. The first-order chi connectivity index (χ1) is 8.50. The Hall–Kier alpha value is -2.28. The van der Waals surface area contributed by atoms with Crippen molar-refractivity contribution in [3.8, 4) is 11.8 Å². The highest BCUT2D eigenvalue weighted by atomic mass is 16.2. The molecule has 0 radical (unpaired) electrons. The molecule has 0 spiro atoms. The van der Waals surface area contributed by atoms with Gasteiger partial charge in [0.05, 0.1) is 6.54 Å². The van der Waals surface area contributed by atoms with Crippen LogP contribution in [0.15, 0.2) is 24.3 Å². The summed E-state index contributed by atoms with van der Waals surface area (Å²) < 4.78 is 0. The maximum Gasteiger partial charge on any atom is 0.248 e. The molecule has 0 aliphatic rings. The molecule has 94 valence electrons. The minimum atomic E-state index is -0.460. The first kappa shape index (κ1) is 13.8. The summed E-state index contributed by atoms with van der Waals surface area (Å²) in [5, 5.41) is 2.70. The van der Waals surface area contributed by atoms with Gasteiger partial charge in [-0.05, 0) is 24.3 Å². The van der Waals surface area contributed by atoms with Gasteiger partial charge in [-0.2, -0.15) is 0 Å². The van der Waals surface area contributed by atoms with E-state index in [1.54, 1.807) is 24.3 Å². The average molecular weight is 244 g/mol. The number of hydrogen-bond acceptors (Lipinski definition) is 2. The zero-order valence-electron chi connectivity index (χ0n) is 10.5. The Labute approximate surface area is 107 Å². The summed E-state index contributed by atoms with van der Waals surface area (Å²) >= 11 is 0. The Morgan fingerprint density at radius 3 is 2.39 bits per heavy atom. The number of amides is 2. The van der Waals surface area contributed by atoms with Gasteiger partial charge >= 0.3 is 0 Å². The molecule has 18 heavy (non-hydrogen) atoms. The van der Waals surface area contributed by atoms with Crippen molar-refractivity contribution in [1.82, 2.24) is 5.32 Å². The third-order valence-corrected chi connectivity index (χ3v) is 2.28. The SMILES string of the molecule is CC(C)C(=O)NCC#Cc1ccc(C(N)=O)cc1. The second kappa shape index (κ2) is 6.45. The number of nitrogens with one attached hydrogen (secondary N) is 1. The van der Waals surface area contributed by atoms with Crippen molar-refractivity contribution in [2.24, 2.45) is 11.7 Å². The smallest absolute Gasteiger partial charge is 0.248 e. The van der Waals surface area contributed by atoms with E-state index in [4.69, 9.17) is 5.73 Å². The summed E-state index contributed by atoms with van der Waals surface area (Å²) in [5.74, 6) is 5.21. The van der Waals surface area contributed by atoms with Gasteiger partial charge < -0.3 is 11.1 Å². The summed E-state index contributed by atoms with van der Waals surface area (Å²) in [7, 11) is 0. The molecule has 4 nitrogen and oxygen atoms in total. The molecular weight excluding hydrogens is 228 g/mol. The zero-order valence-corrected chi connectivity index (χ0v) is 10.5. The number of primary amides is 1. The van der Waals surface area contributed by atoms with Gasteiger partial charge in [0.25, 0.3) is 0 Å². The molecule has 2 amide bonds. The van der Waals surface area contributed by atoms with E-state index in [1.807, 2.05) is 13.8 Å². The van der Waals surface area contributed by atoms with Crippen molar-refractivity contribution in [2.45, 2.75) is 13.8 Å². The molecule has 3 N–H and O–H groups in total. The number of carbonyl (C=O) groups excluding carboxylic acids is 2. The van der Waals surface area contributed by atoms with Crippen LogP contribution in [-0.4, -0.2) is 18.4 Å². The first-order valence-corrected chi connectivity index (χ1v) is 5.67. The van der Waals surface area contributed by atoms with Crippen molar-refractivity contribution in [3.63, 3.8) is 0 Å². The van der Waals surface area contributed by atoms with E-state index < -0.39 is 5.91 Å². The lowest BCUT2D eigenvalue weighted by Crippen LogP contribution is -2.27. The maximum absolute atomic E-state index is 11.2. The normalized spacial score (nSPS) is 9.50. The van der Waals surface area contributed by atoms with Gasteiger partial charge in [0.15, 0.2) is 0 Å². The summed E-state index contributed by atoms with van der Waals surface area (Å²) in [6, 6.07) is 6.69. The fourth-order valence-corrected chi connectivity index (χ4v) is 1.20. The monoisotopic (exact) mass is 244 g/mol. The second-order valence-corrected chi connectivity index (χ2v) is 4.12. The van der Waals surface area contributed by atoms with Crippen molar-refractivity contribution >= 4 is 11.8 Å². The number of carbonyl (C=O) groups is 2. The van der Waals surface area contributed by atoms with Crippen LogP contribution in [-0.2, 0) is 4.79 Å². The number of hydrogen-bond donors (Lipinski definition) is 2. The van der Waals surface area contributed by atoms with Crippen LogP contribution in [0.3, 0.4) is 0 Å². The van der Waals surface area contributed by atoms with Crippen molar-refractivity contribution < 1.29 is 9.59 Å². The highest BCUT2D eigenvalue weighted by Crippen LogP contribution is 2.01. The largest absolute Gasteiger partial charge is 0.366 e. The lowest BCUT2D eigenvalue weighted by atomic mass is 10.1. The summed E-state index contributed by atoms with van der Waals surface area (Å²) in [5.41, 5.74) is 6.35. The number of rotatable bonds is 3. The average Bonchev–Trinajstić information content (AvgIpc) is 2.34. The van der Waals surface area contributed by atoms with Crippen LogP contribution in [0.25, 0.3) is 0 Å². The Morgan fingerprint density at radius 2 is 1.89 bits per heavy atom. The van der Waals surface area contributed by atoms with Gasteiger partial charge in [0.1, 0.15) is 0 Å². The molecule has 0 aromatic heterocycles. The highest BCUT2D eigenvalue weighted by molar-refractivity contribution is 5.92. The van der Waals surface area contributed by atoms with Gasteiger partial charge in [-0.15, -0.1) is 0 Å². The molecule has 1 aromatic carbocycles. The van der Waals surface area contributed by atoms with E-state index in [0.717, 1.165) is 5.56 Å². The van der Waals surface area contributed by atoms with Gasteiger partial charge in [0.2, 0.25) is 11.8 Å². The first-order valence-electron chi connectivity index (χ1n) is 5.67. The summed E-state index contributed by atoms with van der Waals surface area (Å²) in [6.45, 7) is 3.96. The van der Waals surface area contributed by atoms with Crippen LogP contribution >= 0.6 is 0 Å². The zero-order chi connectivity index (χ0) is 13.5. The van der Waals surface area contributed by atoms with Gasteiger partial charge in [-0.3, -0.25) is 9.59 Å². The standard InChI is InChI=1S/C14H16N2O2/c1-10(2)14(18)16-9-3-4-11-5-7-12(8-6-11)13(15)17/h5-8,10H,9H2,1-2H3,(H2,15,17)(H,16,18). The van der Waals surface area contributed by atoms with E-state index in [-0.39, 0.29) is 11.8 Å². The van der Waals surface area contributed by atoms with Crippen LogP contribution in [0.1, 0.15) is 29.8 Å². The van der Waals surface area contributed by atoms with Crippen molar-refractivity contribution in [1.29, 1.82) is 0 Å². The van der Waals surface area contributed by atoms with Crippen LogP contribution < -0.4 is 11.1 Å². The minimum Gasteiger partial charge on any atom is -0.366 e. The number of benzene rings is 1. The Kier molecular flexibility index (Phi) is 4.94. The van der Waals surface area contributed by atoms with Crippen LogP contribution in [0.4, 0.5) is 0 Å². The molecule has 0 aliphatic carbocycles. The molecule has 0 heterocycles. The predicted molar refractivity (Wildman–Crippen MR) is 69.7 cm³/mol.